The summed E-state index contributed by atoms with van der Waals surface area (Å²) in [6, 6.07) is 3.50. The summed E-state index contributed by atoms with van der Waals surface area (Å²) in [6.45, 7) is 3.90. The van der Waals surface area contributed by atoms with Gasteiger partial charge in [-0.2, -0.15) is 0 Å². The van der Waals surface area contributed by atoms with Gasteiger partial charge in [0, 0.05) is 4.88 Å². The lowest BCUT2D eigenvalue weighted by Crippen LogP contribution is -2.08. The first kappa shape index (κ1) is 16.8. The number of hydrogen-bond donors (Lipinski definition) is 0. The molecule has 2 heterocycles. The molecule has 0 aromatic carbocycles. The van der Waals surface area contributed by atoms with Crippen LogP contribution in [0, 0.1) is 12.8 Å². The van der Waals surface area contributed by atoms with Crippen LogP contribution in [0.1, 0.15) is 55.3 Å². The molecule has 0 fully saturated rings. The van der Waals surface area contributed by atoms with Gasteiger partial charge in [-0.15, -0.1) is 11.3 Å². The van der Waals surface area contributed by atoms with Crippen molar-refractivity contribution in [1.82, 2.24) is 0 Å². The molecule has 1 aliphatic rings. The summed E-state index contributed by atoms with van der Waals surface area (Å²) in [5.74, 6) is 0.730. The molecule has 0 saturated heterocycles. The maximum Gasteiger partial charge on any atom is 0.348 e. The third-order valence-electron chi connectivity index (χ3n) is 4.25. The van der Waals surface area contributed by atoms with Crippen LogP contribution in [-0.2, 0) is 28.9 Å². The number of esters is 2. The zero-order valence-electron chi connectivity index (χ0n) is 14.0. The molecule has 5 nitrogen and oxygen atoms in total. The van der Waals surface area contributed by atoms with Crippen LogP contribution in [0.2, 0.25) is 0 Å². The fourth-order valence-corrected chi connectivity index (χ4v) is 4.04. The maximum atomic E-state index is 12.3. The van der Waals surface area contributed by atoms with Gasteiger partial charge in [-0.3, -0.25) is 0 Å². The van der Waals surface area contributed by atoms with Gasteiger partial charge in [0.05, 0.1) is 7.11 Å². The van der Waals surface area contributed by atoms with Crippen LogP contribution in [0.25, 0.3) is 0 Å². The summed E-state index contributed by atoms with van der Waals surface area (Å²) in [4.78, 5) is 25.7. The Morgan fingerprint density at radius 2 is 2.12 bits per heavy atom. The van der Waals surface area contributed by atoms with Crippen molar-refractivity contribution in [2.75, 3.05) is 7.11 Å². The first-order chi connectivity index (χ1) is 11.5. The molecule has 128 valence electrons. The van der Waals surface area contributed by atoms with Gasteiger partial charge >= 0.3 is 11.9 Å². The standard InChI is InChI=1S/C18H20O5S/c1-10-4-5-15-12(6-10)7-16(24-15)18(20)22-9-13-8-14(11(2)23-13)17(19)21-3/h7-8,10H,4-6,9H2,1-3H3. The van der Waals surface area contributed by atoms with Crippen molar-refractivity contribution in [3.8, 4) is 0 Å². The topological polar surface area (TPSA) is 65.7 Å². The maximum absolute atomic E-state index is 12.3. The monoisotopic (exact) mass is 348 g/mol. The normalized spacial score (nSPS) is 16.5. The number of hydrogen-bond acceptors (Lipinski definition) is 6. The zero-order chi connectivity index (χ0) is 17.3. The van der Waals surface area contributed by atoms with E-state index in [9.17, 15) is 9.59 Å². The molecule has 0 amide bonds. The highest BCUT2D eigenvalue weighted by molar-refractivity contribution is 7.14. The second kappa shape index (κ2) is 6.81. The highest BCUT2D eigenvalue weighted by atomic mass is 32.1. The van der Waals surface area contributed by atoms with E-state index in [1.807, 2.05) is 6.07 Å². The van der Waals surface area contributed by atoms with Crippen LogP contribution in [0.5, 0.6) is 0 Å². The molecule has 0 aliphatic heterocycles. The number of carbonyl (C=O) groups excluding carboxylic acids is 2. The molecule has 0 saturated carbocycles. The number of methoxy groups -OCH3 is 1. The van der Waals surface area contributed by atoms with E-state index in [4.69, 9.17) is 9.15 Å². The van der Waals surface area contributed by atoms with E-state index < -0.39 is 5.97 Å². The number of rotatable bonds is 4. The van der Waals surface area contributed by atoms with Gasteiger partial charge in [0.2, 0.25) is 0 Å². The van der Waals surface area contributed by atoms with E-state index in [0.717, 1.165) is 12.8 Å². The van der Waals surface area contributed by atoms with Gasteiger partial charge < -0.3 is 13.9 Å². The van der Waals surface area contributed by atoms with Crippen LogP contribution in [0.3, 0.4) is 0 Å². The van der Waals surface area contributed by atoms with Crippen LogP contribution in [0.4, 0.5) is 0 Å². The summed E-state index contributed by atoms with van der Waals surface area (Å²) < 4.78 is 15.4. The summed E-state index contributed by atoms with van der Waals surface area (Å²) >= 11 is 1.52. The predicted molar refractivity (Wildman–Crippen MR) is 89.4 cm³/mol. The van der Waals surface area contributed by atoms with Crippen LogP contribution in [0.15, 0.2) is 16.5 Å². The van der Waals surface area contributed by atoms with E-state index >= 15 is 0 Å². The summed E-state index contributed by atoms with van der Waals surface area (Å²) in [5.41, 5.74) is 1.62. The highest BCUT2D eigenvalue weighted by Crippen LogP contribution is 2.32. The predicted octanol–water partition coefficient (Wildman–Crippen LogP) is 3.92. The smallest absolute Gasteiger partial charge is 0.348 e. The Morgan fingerprint density at radius 1 is 1.33 bits per heavy atom. The molecule has 1 aliphatic carbocycles. The van der Waals surface area contributed by atoms with Gasteiger partial charge in [0.25, 0.3) is 0 Å². The Balaban J connectivity index is 1.65. The molecule has 1 unspecified atom stereocenters. The first-order valence-electron chi connectivity index (χ1n) is 7.94. The van der Waals surface area contributed by atoms with Crippen molar-refractivity contribution in [2.24, 2.45) is 5.92 Å². The number of ether oxygens (including phenoxy) is 2. The summed E-state index contributed by atoms with van der Waals surface area (Å²) in [6.07, 6.45) is 3.23. The zero-order valence-corrected chi connectivity index (χ0v) is 14.8. The fourth-order valence-electron chi connectivity index (χ4n) is 2.94. The lowest BCUT2D eigenvalue weighted by molar-refractivity contribution is 0.0449. The molecule has 0 radical (unpaired) electrons. The lowest BCUT2D eigenvalue weighted by atomic mass is 9.90. The molecule has 3 rings (SSSR count). The number of thiophene rings is 1. The van der Waals surface area contributed by atoms with Gasteiger partial charge in [-0.1, -0.05) is 6.92 Å². The van der Waals surface area contributed by atoms with E-state index in [2.05, 4.69) is 11.7 Å². The molecule has 0 N–H and O–H groups in total. The molecule has 24 heavy (non-hydrogen) atoms. The molecular formula is C18H20O5S. The molecule has 1 atom stereocenters. The molecule has 0 bridgehead atoms. The Hall–Kier alpha value is -2.08. The fraction of sp³-hybridized carbons (Fsp3) is 0.444. The van der Waals surface area contributed by atoms with E-state index in [1.54, 1.807) is 13.0 Å². The van der Waals surface area contributed by atoms with E-state index in [-0.39, 0.29) is 12.6 Å². The van der Waals surface area contributed by atoms with Gasteiger partial charge in [-0.25, -0.2) is 9.59 Å². The molecule has 0 spiro atoms. The molecule has 2 aromatic heterocycles. The van der Waals surface area contributed by atoms with E-state index in [0.29, 0.717) is 27.9 Å². The van der Waals surface area contributed by atoms with Crippen molar-refractivity contribution in [2.45, 2.75) is 39.7 Å². The third kappa shape index (κ3) is 3.38. The third-order valence-corrected chi connectivity index (χ3v) is 5.47. The minimum Gasteiger partial charge on any atom is -0.465 e. The highest BCUT2D eigenvalue weighted by Gasteiger charge is 2.22. The van der Waals surface area contributed by atoms with Crippen LogP contribution >= 0.6 is 11.3 Å². The van der Waals surface area contributed by atoms with Gasteiger partial charge in [-0.05, 0) is 49.8 Å². The molecular weight excluding hydrogens is 328 g/mol. The van der Waals surface area contributed by atoms with Crippen LogP contribution < -0.4 is 0 Å². The van der Waals surface area contributed by atoms with Crippen LogP contribution in [-0.4, -0.2) is 19.0 Å². The summed E-state index contributed by atoms with van der Waals surface area (Å²) in [5, 5.41) is 0. The molecule has 2 aromatic rings. The summed E-state index contributed by atoms with van der Waals surface area (Å²) in [7, 11) is 1.31. The van der Waals surface area contributed by atoms with Crippen molar-refractivity contribution in [3.05, 3.63) is 44.5 Å². The Kier molecular flexibility index (Phi) is 4.76. The Labute approximate surface area is 144 Å². The first-order valence-corrected chi connectivity index (χ1v) is 8.76. The van der Waals surface area contributed by atoms with Gasteiger partial charge in [0.1, 0.15) is 28.6 Å². The van der Waals surface area contributed by atoms with E-state index in [1.165, 1.54) is 35.3 Å². The van der Waals surface area contributed by atoms with Crippen molar-refractivity contribution in [3.63, 3.8) is 0 Å². The SMILES string of the molecule is COC(=O)c1cc(COC(=O)c2cc3c(s2)CCC(C)C3)oc1C. The minimum absolute atomic E-state index is 0.00433. The molecule has 6 heteroatoms. The van der Waals surface area contributed by atoms with Crippen molar-refractivity contribution >= 4 is 23.3 Å². The average Bonchev–Trinajstić information content (AvgIpc) is 3.14. The number of aryl methyl sites for hydroxylation is 2. The van der Waals surface area contributed by atoms with Crippen molar-refractivity contribution in [1.29, 1.82) is 0 Å². The lowest BCUT2D eigenvalue weighted by Gasteiger charge is -2.16. The quantitative estimate of drug-likeness (QED) is 0.784. The number of carbonyl (C=O) groups is 2. The van der Waals surface area contributed by atoms with Crippen molar-refractivity contribution < 1.29 is 23.5 Å². The Bertz CT molecular complexity index is 770. The Morgan fingerprint density at radius 3 is 2.88 bits per heavy atom. The average molecular weight is 348 g/mol. The largest absolute Gasteiger partial charge is 0.465 e. The second-order valence-corrected chi connectivity index (χ2v) is 7.29. The minimum atomic E-state index is -0.464. The van der Waals surface area contributed by atoms with Gasteiger partial charge in [0.15, 0.2) is 0 Å². The second-order valence-electron chi connectivity index (χ2n) is 6.16. The number of furan rings is 1. The number of fused-ring (bicyclic) bond motifs is 1.